The summed E-state index contributed by atoms with van der Waals surface area (Å²) in [6.45, 7) is 6.77. The highest BCUT2D eigenvalue weighted by Gasteiger charge is 2.25. The minimum atomic E-state index is 0.109. The molecule has 1 aromatic rings. The van der Waals surface area contributed by atoms with E-state index >= 15 is 0 Å². The van der Waals surface area contributed by atoms with E-state index in [0.717, 1.165) is 38.6 Å². The molecule has 1 saturated heterocycles. The van der Waals surface area contributed by atoms with E-state index in [1.165, 1.54) is 5.56 Å². The number of amides is 1. The van der Waals surface area contributed by atoms with Gasteiger partial charge < -0.3 is 19.9 Å². The highest BCUT2D eigenvalue weighted by atomic mass is 16.5. The van der Waals surface area contributed by atoms with E-state index in [2.05, 4.69) is 34.3 Å². The van der Waals surface area contributed by atoms with Crippen LogP contribution >= 0.6 is 0 Å². The molecule has 26 heavy (non-hydrogen) atoms. The van der Waals surface area contributed by atoms with Gasteiger partial charge in [0.05, 0.1) is 19.8 Å². The lowest BCUT2D eigenvalue weighted by Gasteiger charge is -2.22. The fourth-order valence-corrected chi connectivity index (χ4v) is 2.99. The topological polar surface area (TPSA) is 57.2 Å². The van der Waals surface area contributed by atoms with Gasteiger partial charge >= 0.3 is 0 Å². The van der Waals surface area contributed by atoms with Gasteiger partial charge in [-0.15, -0.1) is 0 Å². The van der Waals surface area contributed by atoms with Crippen LogP contribution in [0, 0.1) is 5.92 Å². The number of carbonyl (C=O) groups is 1. The summed E-state index contributed by atoms with van der Waals surface area (Å²) in [5.41, 5.74) is 1.21. The van der Waals surface area contributed by atoms with E-state index in [9.17, 15) is 4.79 Å². The highest BCUT2D eigenvalue weighted by molar-refractivity contribution is 5.81. The summed E-state index contributed by atoms with van der Waals surface area (Å²) >= 11 is 0. The number of carbonyl (C=O) groups excluding carboxylic acids is 1. The van der Waals surface area contributed by atoms with E-state index in [0.29, 0.717) is 25.5 Å². The number of hydrogen-bond acceptors (Lipinski definition) is 3. The van der Waals surface area contributed by atoms with Crippen molar-refractivity contribution in [2.24, 2.45) is 10.9 Å². The fraction of sp³-hybridized carbons (Fsp3) is 0.600. The zero-order valence-electron chi connectivity index (χ0n) is 16.3. The fourth-order valence-electron chi connectivity index (χ4n) is 2.99. The zero-order chi connectivity index (χ0) is 18.8. The summed E-state index contributed by atoms with van der Waals surface area (Å²) in [6.07, 6.45) is 1.55. The molecule has 0 spiro atoms. The van der Waals surface area contributed by atoms with E-state index in [1.54, 1.807) is 19.0 Å². The van der Waals surface area contributed by atoms with E-state index < -0.39 is 0 Å². The van der Waals surface area contributed by atoms with Gasteiger partial charge in [0, 0.05) is 46.1 Å². The van der Waals surface area contributed by atoms with E-state index in [1.807, 2.05) is 18.2 Å². The Balaban J connectivity index is 1.76. The maximum atomic E-state index is 11.7. The Morgan fingerprint density at radius 1 is 1.35 bits per heavy atom. The van der Waals surface area contributed by atoms with Crippen molar-refractivity contribution in [2.75, 3.05) is 46.9 Å². The van der Waals surface area contributed by atoms with Crippen LogP contribution in [0.1, 0.15) is 25.3 Å². The molecule has 0 aliphatic carbocycles. The number of benzene rings is 1. The maximum absolute atomic E-state index is 11.7. The number of likely N-dealkylation sites (tertiary alicyclic amines) is 1. The van der Waals surface area contributed by atoms with Gasteiger partial charge in [-0.05, 0) is 18.9 Å². The Morgan fingerprint density at radius 2 is 2.12 bits per heavy atom. The number of ether oxygens (including phenoxy) is 1. The Labute approximate surface area is 157 Å². The van der Waals surface area contributed by atoms with Crippen LogP contribution in [0.2, 0.25) is 0 Å². The molecule has 1 amide bonds. The molecule has 0 saturated carbocycles. The summed E-state index contributed by atoms with van der Waals surface area (Å²) in [6, 6.07) is 10.3. The molecule has 0 radical (unpaired) electrons. The first kappa shape index (κ1) is 20.2. The van der Waals surface area contributed by atoms with Gasteiger partial charge in [0.2, 0.25) is 5.91 Å². The average Bonchev–Trinajstić information content (AvgIpc) is 3.10. The molecule has 144 valence electrons. The smallest absolute Gasteiger partial charge is 0.223 e. The largest absolute Gasteiger partial charge is 0.376 e. The highest BCUT2D eigenvalue weighted by Crippen LogP contribution is 2.17. The third-order valence-corrected chi connectivity index (χ3v) is 4.47. The van der Waals surface area contributed by atoms with Gasteiger partial charge in [-0.1, -0.05) is 30.3 Å². The summed E-state index contributed by atoms with van der Waals surface area (Å²) in [4.78, 5) is 20.2. The second-order valence-corrected chi connectivity index (χ2v) is 6.88. The van der Waals surface area contributed by atoms with Crippen molar-refractivity contribution < 1.29 is 9.53 Å². The molecule has 1 atom stereocenters. The van der Waals surface area contributed by atoms with Crippen LogP contribution in [0.5, 0.6) is 0 Å². The summed E-state index contributed by atoms with van der Waals surface area (Å²) in [5.74, 6) is 1.54. The van der Waals surface area contributed by atoms with Gasteiger partial charge in [-0.2, -0.15) is 0 Å². The Bertz CT molecular complexity index is 574. The third-order valence-electron chi connectivity index (χ3n) is 4.47. The molecular formula is C20H32N4O2. The van der Waals surface area contributed by atoms with Crippen molar-refractivity contribution in [2.45, 2.75) is 26.4 Å². The Morgan fingerprint density at radius 3 is 2.81 bits per heavy atom. The number of nitrogens with zero attached hydrogens (tertiary/aromatic N) is 3. The SMILES string of the molecule is CCNC(=NCCC(=O)N(C)C)N1CCC(COCc2ccccc2)C1. The molecule has 6 heteroatoms. The van der Waals surface area contributed by atoms with Crippen LogP contribution < -0.4 is 5.32 Å². The molecule has 0 bridgehead atoms. The molecule has 6 nitrogen and oxygen atoms in total. The van der Waals surface area contributed by atoms with Crippen LogP contribution in [-0.4, -0.2) is 68.5 Å². The Kier molecular flexibility index (Phi) is 8.41. The third kappa shape index (κ3) is 6.67. The molecule has 0 aromatic heterocycles. The lowest BCUT2D eigenvalue weighted by atomic mass is 10.1. The molecule has 1 unspecified atom stereocenters. The molecule has 1 aromatic carbocycles. The van der Waals surface area contributed by atoms with Crippen LogP contribution in [-0.2, 0) is 16.1 Å². The standard InChI is InChI=1S/C20H32N4O2/c1-4-21-20(22-12-10-19(25)23(2)3)24-13-11-18(14-24)16-26-15-17-8-6-5-7-9-17/h5-9,18H,4,10-16H2,1-3H3,(H,21,22). The second-order valence-electron chi connectivity index (χ2n) is 6.88. The van der Waals surface area contributed by atoms with Crippen LogP contribution in [0.4, 0.5) is 0 Å². The van der Waals surface area contributed by atoms with E-state index in [4.69, 9.17) is 4.74 Å². The monoisotopic (exact) mass is 360 g/mol. The van der Waals surface area contributed by atoms with Crippen molar-refractivity contribution >= 4 is 11.9 Å². The van der Waals surface area contributed by atoms with Gasteiger partial charge in [-0.3, -0.25) is 9.79 Å². The number of hydrogen-bond donors (Lipinski definition) is 1. The Hall–Kier alpha value is -2.08. The van der Waals surface area contributed by atoms with Crippen molar-refractivity contribution in [1.82, 2.24) is 15.1 Å². The summed E-state index contributed by atoms with van der Waals surface area (Å²) < 4.78 is 5.89. The van der Waals surface area contributed by atoms with Gasteiger partial charge in [0.1, 0.15) is 0 Å². The predicted octanol–water partition coefficient (Wildman–Crippen LogP) is 1.97. The predicted molar refractivity (Wildman–Crippen MR) is 105 cm³/mol. The lowest BCUT2D eigenvalue weighted by molar-refractivity contribution is -0.128. The zero-order valence-corrected chi connectivity index (χ0v) is 16.3. The van der Waals surface area contributed by atoms with Gasteiger partial charge in [0.15, 0.2) is 5.96 Å². The van der Waals surface area contributed by atoms with Gasteiger partial charge in [0.25, 0.3) is 0 Å². The number of nitrogens with one attached hydrogen (secondary N) is 1. The number of guanidine groups is 1. The quantitative estimate of drug-likeness (QED) is 0.569. The van der Waals surface area contributed by atoms with Gasteiger partial charge in [-0.25, -0.2) is 0 Å². The molecule has 1 heterocycles. The maximum Gasteiger partial charge on any atom is 0.223 e. The first-order valence-electron chi connectivity index (χ1n) is 9.45. The van der Waals surface area contributed by atoms with Crippen LogP contribution in [0.15, 0.2) is 35.3 Å². The van der Waals surface area contributed by atoms with Crippen molar-refractivity contribution in [3.63, 3.8) is 0 Å². The molecule has 1 aliphatic heterocycles. The van der Waals surface area contributed by atoms with Crippen LogP contribution in [0.25, 0.3) is 0 Å². The minimum absolute atomic E-state index is 0.109. The summed E-state index contributed by atoms with van der Waals surface area (Å²) in [7, 11) is 3.55. The first-order chi connectivity index (χ1) is 12.6. The first-order valence-corrected chi connectivity index (χ1v) is 9.45. The second kappa shape index (κ2) is 10.8. The molecule has 1 aliphatic rings. The molecular weight excluding hydrogens is 328 g/mol. The van der Waals surface area contributed by atoms with Crippen molar-refractivity contribution in [3.05, 3.63) is 35.9 Å². The van der Waals surface area contributed by atoms with Crippen molar-refractivity contribution in [3.8, 4) is 0 Å². The number of rotatable bonds is 8. The van der Waals surface area contributed by atoms with Crippen LogP contribution in [0.3, 0.4) is 0 Å². The summed E-state index contributed by atoms with van der Waals surface area (Å²) in [5, 5.41) is 3.34. The van der Waals surface area contributed by atoms with Crippen molar-refractivity contribution in [1.29, 1.82) is 0 Å². The normalized spacial score (nSPS) is 17.4. The minimum Gasteiger partial charge on any atom is -0.376 e. The molecule has 2 rings (SSSR count). The molecule has 1 N–H and O–H groups in total. The number of aliphatic imine (C=N–C) groups is 1. The molecule has 1 fully saturated rings. The lowest BCUT2D eigenvalue weighted by Crippen LogP contribution is -2.40. The van der Waals surface area contributed by atoms with E-state index in [-0.39, 0.29) is 5.91 Å². The average molecular weight is 361 g/mol.